The molecule has 0 aromatic heterocycles. The van der Waals surface area contributed by atoms with Gasteiger partial charge >= 0.3 is 6.03 Å². The number of rotatable bonds is 2. The Balaban J connectivity index is 2.25. The highest BCUT2D eigenvalue weighted by Gasteiger charge is 2.51. The molecule has 7 N–H and O–H groups in total. The quantitative estimate of drug-likeness (QED) is 0.296. The summed E-state index contributed by atoms with van der Waals surface area (Å²) < 4.78 is 5.07. The van der Waals surface area contributed by atoms with E-state index in [1.54, 1.807) is 0 Å². The lowest BCUT2D eigenvalue weighted by molar-refractivity contribution is -0.149. The Morgan fingerprint density at radius 1 is 1.26 bits per heavy atom. The number of hydrogen-bond acceptors (Lipinski definition) is 8. The van der Waals surface area contributed by atoms with Crippen molar-refractivity contribution in [2.75, 3.05) is 6.61 Å². The van der Waals surface area contributed by atoms with Gasteiger partial charge in [0, 0.05) is 0 Å². The molecule has 2 unspecified atom stereocenters. The second kappa shape index (κ2) is 5.00. The molecular weight excluding hydrogens is 262 g/mol. The molecule has 2 rings (SSSR count). The molecule has 2 aliphatic rings. The zero-order chi connectivity index (χ0) is 14.3. The molecule has 0 aromatic carbocycles. The third kappa shape index (κ3) is 2.18. The molecule has 10 nitrogen and oxygen atoms in total. The average Bonchev–Trinajstić information content (AvgIpc) is 2.64. The van der Waals surface area contributed by atoms with Gasteiger partial charge in [-0.2, -0.15) is 4.99 Å². The molecule has 0 bridgehead atoms. The van der Waals surface area contributed by atoms with Gasteiger partial charge in [-0.3, -0.25) is 4.90 Å². The minimum absolute atomic E-state index is 0.458. The zero-order valence-electron chi connectivity index (χ0n) is 9.70. The third-order valence-corrected chi connectivity index (χ3v) is 3.11. The largest absolute Gasteiger partial charge is 0.394 e. The molecule has 1 fully saturated rings. The van der Waals surface area contributed by atoms with E-state index >= 15 is 0 Å². The summed E-state index contributed by atoms with van der Waals surface area (Å²) in [7, 11) is 0. The van der Waals surface area contributed by atoms with Crippen LogP contribution in [-0.4, -0.2) is 85.8 Å². The number of nitrogens with zero attached hydrogens (tertiary/aromatic N) is 2. The van der Waals surface area contributed by atoms with E-state index in [4.69, 9.17) is 15.6 Å². The molecule has 0 saturated carbocycles. The molecule has 2 amide bonds. The van der Waals surface area contributed by atoms with Gasteiger partial charge < -0.3 is 36.0 Å². The molecule has 1 saturated heterocycles. The minimum atomic E-state index is -1.77. The van der Waals surface area contributed by atoms with E-state index in [1.165, 1.54) is 0 Å². The Bertz CT molecular complexity index is 403. The molecule has 2 aliphatic heterocycles. The first-order valence-corrected chi connectivity index (χ1v) is 5.53. The van der Waals surface area contributed by atoms with Crippen LogP contribution in [0, 0.1) is 0 Å². The van der Waals surface area contributed by atoms with Gasteiger partial charge in [-0.25, -0.2) is 4.79 Å². The Hall–Kier alpha value is -1.30. The van der Waals surface area contributed by atoms with Crippen LogP contribution in [0.25, 0.3) is 0 Å². The van der Waals surface area contributed by atoms with Gasteiger partial charge in [-0.1, -0.05) is 0 Å². The van der Waals surface area contributed by atoms with Crippen LogP contribution >= 0.6 is 0 Å². The van der Waals surface area contributed by atoms with Crippen LogP contribution in [0.4, 0.5) is 4.79 Å². The number of urea groups is 1. The van der Waals surface area contributed by atoms with Crippen LogP contribution in [0.1, 0.15) is 0 Å². The van der Waals surface area contributed by atoms with Gasteiger partial charge in [-0.15, -0.1) is 0 Å². The monoisotopic (exact) mass is 277 g/mol. The summed E-state index contributed by atoms with van der Waals surface area (Å²) >= 11 is 0. The summed E-state index contributed by atoms with van der Waals surface area (Å²) in [6.45, 7) is -0.583. The number of aliphatic hydroxyl groups excluding tert-OH is 5. The van der Waals surface area contributed by atoms with Crippen LogP contribution < -0.4 is 5.73 Å². The number of hydrogen-bond donors (Lipinski definition) is 6. The Labute approximate surface area is 107 Å². The molecule has 108 valence electrons. The number of ether oxygens (including phenoxy) is 1. The highest BCUT2D eigenvalue weighted by molar-refractivity contribution is 5.98. The second-order valence-electron chi connectivity index (χ2n) is 4.31. The van der Waals surface area contributed by atoms with Crippen LogP contribution in [0.5, 0.6) is 0 Å². The highest BCUT2D eigenvalue weighted by Crippen LogP contribution is 2.27. The summed E-state index contributed by atoms with van der Waals surface area (Å²) in [6, 6.07) is -1.02. The smallest absolute Gasteiger partial charge is 0.349 e. The maximum atomic E-state index is 11.6. The second-order valence-corrected chi connectivity index (χ2v) is 4.31. The van der Waals surface area contributed by atoms with Crippen molar-refractivity contribution in [2.45, 2.75) is 36.9 Å². The summed E-state index contributed by atoms with van der Waals surface area (Å²) in [5.41, 5.74) is 5.24. The summed E-state index contributed by atoms with van der Waals surface area (Å²) in [6.07, 6.45) is -8.94. The zero-order valence-corrected chi connectivity index (χ0v) is 9.70. The average molecular weight is 277 g/mol. The number of amides is 2. The highest BCUT2D eigenvalue weighted by atomic mass is 16.6. The van der Waals surface area contributed by atoms with Gasteiger partial charge in [0.2, 0.25) is 0 Å². The fourth-order valence-electron chi connectivity index (χ4n) is 2.02. The van der Waals surface area contributed by atoms with Gasteiger partial charge in [0.1, 0.15) is 24.1 Å². The predicted molar refractivity (Wildman–Crippen MR) is 58.6 cm³/mol. The topological polar surface area (TPSA) is 169 Å². The van der Waals surface area contributed by atoms with E-state index in [9.17, 15) is 25.2 Å². The molecule has 0 aromatic rings. The molecule has 0 spiro atoms. The normalized spacial score (nSPS) is 43.5. The van der Waals surface area contributed by atoms with Crippen molar-refractivity contribution in [3.05, 3.63) is 0 Å². The van der Waals surface area contributed by atoms with E-state index in [0.29, 0.717) is 4.90 Å². The molecule has 2 heterocycles. The lowest BCUT2D eigenvalue weighted by atomic mass is 10.1. The number of amidine groups is 1. The minimum Gasteiger partial charge on any atom is -0.394 e. The van der Waals surface area contributed by atoms with Crippen LogP contribution in [0.15, 0.2) is 4.99 Å². The van der Waals surface area contributed by atoms with Crippen molar-refractivity contribution >= 4 is 11.9 Å². The van der Waals surface area contributed by atoms with E-state index in [0.717, 1.165) is 0 Å². The van der Waals surface area contributed by atoms with E-state index in [1.807, 2.05) is 0 Å². The maximum absolute atomic E-state index is 11.6. The molecular formula is C9H15N3O7. The standard InChI is InChI=1S/C9H15N3O7/c10-6-5(16)7(17)12(9(18)11-6)8-4(15)3(14)2(1-13)19-8/h2-5,7-8,13-17H,1H2,(H2,10,11,18)/t2-,3-,4-,5?,7?,8-/m1/s1. The van der Waals surface area contributed by atoms with Crippen molar-refractivity contribution in [3.63, 3.8) is 0 Å². The number of aliphatic hydroxyl groups is 5. The first-order chi connectivity index (χ1) is 8.88. The fourth-order valence-corrected chi connectivity index (χ4v) is 2.02. The summed E-state index contributed by atoms with van der Waals surface area (Å²) in [4.78, 5) is 15.5. The van der Waals surface area contributed by atoms with Crippen LogP contribution in [0.3, 0.4) is 0 Å². The molecule has 19 heavy (non-hydrogen) atoms. The van der Waals surface area contributed by atoms with Crippen molar-refractivity contribution in [3.8, 4) is 0 Å². The van der Waals surface area contributed by atoms with E-state index in [2.05, 4.69) is 4.99 Å². The summed E-state index contributed by atoms with van der Waals surface area (Å²) in [5, 5.41) is 47.5. The first kappa shape index (κ1) is 14.1. The first-order valence-electron chi connectivity index (χ1n) is 5.53. The van der Waals surface area contributed by atoms with Crippen molar-refractivity contribution in [1.29, 1.82) is 0 Å². The molecule has 0 radical (unpaired) electrons. The molecule has 6 atom stereocenters. The van der Waals surface area contributed by atoms with E-state index < -0.39 is 55.3 Å². The number of nitrogens with two attached hydrogens (primary N) is 1. The van der Waals surface area contributed by atoms with Crippen LogP contribution in [0.2, 0.25) is 0 Å². The lowest BCUT2D eigenvalue weighted by Gasteiger charge is -2.37. The SMILES string of the molecule is NC1=NC(=O)N([C@@H]2O[C@H](CO)[C@@H](O)[C@H]2O)C(O)C1O. The molecule has 10 heteroatoms. The van der Waals surface area contributed by atoms with Gasteiger partial charge in [-0.05, 0) is 0 Å². The maximum Gasteiger partial charge on any atom is 0.349 e. The third-order valence-electron chi connectivity index (χ3n) is 3.11. The Morgan fingerprint density at radius 2 is 1.89 bits per heavy atom. The lowest BCUT2D eigenvalue weighted by Crippen LogP contribution is -2.61. The Kier molecular flexibility index (Phi) is 3.71. The number of carbonyl (C=O) groups excluding carboxylic acids is 1. The van der Waals surface area contributed by atoms with Gasteiger partial charge in [0.15, 0.2) is 18.6 Å². The predicted octanol–water partition coefficient (Wildman–Crippen LogP) is -4.10. The van der Waals surface area contributed by atoms with Crippen molar-refractivity contribution in [1.82, 2.24) is 4.90 Å². The number of carbonyl (C=O) groups is 1. The van der Waals surface area contributed by atoms with Gasteiger partial charge in [0.05, 0.1) is 6.61 Å². The van der Waals surface area contributed by atoms with Gasteiger partial charge in [0.25, 0.3) is 0 Å². The van der Waals surface area contributed by atoms with Crippen LogP contribution in [-0.2, 0) is 4.74 Å². The molecule has 0 aliphatic carbocycles. The van der Waals surface area contributed by atoms with Crippen molar-refractivity contribution < 1.29 is 35.1 Å². The van der Waals surface area contributed by atoms with Crippen molar-refractivity contribution in [2.24, 2.45) is 10.7 Å². The number of aliphatic imine (C=N–C) groups is 1. The van der Waals surface area contributed by atoms with E-state index in [-0.39, 0.29) is 0 Å². The Morgan fingerprint density at radius 3 is 2.42 bits per heavy atom. The summed E-state index contributed by atoms with van der Waals surface area (Å²) in [5.74, 6) is -0.458. The fraction of sp³-hybridized carbons (Fsp3) is 0.778.